The Morgan fingerprint density at radius 1 is 1.00 bits per heavy atom. The Labute approximate surface area is 145 Å². The average molecular weight is 338 g/mol. The van der Waals surface area contributed by atoms with Gasteiger partial charge in [0.2, 0.25) is 5.91 Å². The van der Waals surface area contributed by atoms with Gasteiger partial charge < -0.3 is 5.32 Å². The summed E-state index contributed by atoms with van der Waals surface area (Å²) in [5.74, 6) is -1.51. The zero-order chi connectivity index (χ0) is 18.1. The molecule has 2 aromatic rings. The summed E-state index contributed by atoms with van der Waals surface area (Å²) in [5.41, 5.74) is 5.53. The van der Waals surface area contributed by atoms with Gasteiger partial charge in [0.15, 0.2) is 0 Å². The van der Waals surface area contributed by atoms with E-state index in [1.54, 1.807) is 18.2 Å². The number of rotatable bonds is 5. The van der Waals surface area contributed by atoms with E-state index < -0.39 is 23.8 Å². The molecule has 7 heteroatoms. The van der Waals surface area contributed by atoms with Gasteiger partial charge in [0, 0.05) is 12.3 Å². The number of hydrogen-bond acceptors (Lipinski definition) is 4. The van der Waals surface area contributed by atoms with Crippen LogP contribution in [0.5, 0.6) is 0 Å². The van der Waals surface area contributed by atoms with Crippen LogP contribution in [0, 0.1) is 0 Å². The van der Waals surface area contributed by atoms with Crippen LogP contribution in [-0.4, -0.2) is 28.7 Å². The van der Waals surface area contributed by atoms with E-state index in [0.29, 0.717) is 0 Å². The molecular weight excluding hydrogens is 320 g/mol. The van der Waals surface area contributed by atoms with E-state index in [-0.39, 0.29) is 5.69 Å². The molecule has 1 aromatic heterocycles. The Hall–Kier alpha value is -3.48. The second kappa shape index (κ2) is 8.97. The van der Waals surface area contributed by atoms with Crippen molar-refractivity contribution < 1.29 is 14.4 Å². The summed E-state index contributed by atoms with van der Waals surface area (Å²) in [7, 11) is 0. The summed E-state index contributed by atoms with van der Waals surface area (Å²) in [6, 6.07) is 13.3. The molecule has 1 heterocycles. The first-order valence-electron chi connectivity index (χ1n) is 7.61. The smallest absolute Gasteiger partial charge is 0.288 e. The molecule has 0 saturated carbocycles. The maximum Gasteiger partial charge on any atom is 0.288 e. The molecule has 1 aromatic carbocycles. The van der Waals surface area contributed by atoms with Gasteiger partial charge >= 0.3 is 0 Å². The third-order valence-electron chi connectivity index (χ3n) is 3.18. The van der Waals surface area contributed by atoms with Crippen molar-refractivity contribution in [2.24, 2.45) is 0 Å². The highest BCUT2D eigenvalue weighted by Gasteiger charge is 2.15. The first-order chi connectivity index (χ1) is 12.1. The van der Waals surface area contributed by atoms with E-state index in [9.17, 15) is 14.4 Å². The van der Waals surface area contributed by atoms with Crippen molar-refractivity contribution in [1.29, 1.82) is 0 Å². The van der Waals surface area contributed by atoms with Crippen LogP contribution < -0.4 is 16.2 Å². The number of aromatic nitrogens is 1. The molecule has 3 amide bonds. The number of carbonyl (C=O) groups is 3. The molecule has 0 aliphatic carbocycles. The monoisotopic (exact) mass is 338 g/mol. The summed E-state index contributed by atoms with van der Waals surface area (Å²) in [4.78, 5) is 39.3. The predicted molar refractivity (Wildman–Crippen MR) is 92.9 cm³/mol. The fourth-order valence-electron chi connectivity index (χ4n) is 1.85. The zero-order valence-electron chi connectivity index (χ0n) is 13.6. The van der Waals surface area contributed by atoms with Gasteiger partial charge in [-0.3, -0.25) is 30.2 Å². The third kappa shape index (κ3) is 5.91. The largest absolute Gasteiger partial charge is 0.341 e. The molecule has 0 radical (unpaired) electrons. The van der Waals surface area contributed by atoms with Crippen LogP contribution in [-0.2, 0) is 9.59 Å². The van der Waals surface area contributed by atoms with Crippen LogP contribution in [0.2, 0.25) is 0 Å². The first-order valence-corrected chi connectivity index (χ1v) is 7.61. The molecule has 0 aliphatic rings. The van der Waals surface area contributed by atoms with E-state index in [2.05, 4.69) is 21.2 Å². The van der Waals surface area contributed by atoms with Crippen molar-refractivity contribution in [1.82, 2.24) is 21.2 Å². The molecule has 3 N–H and O–H groups in total. The lowest BCUT2D eigenvalue weighted by Gasteiger charge is -2.13. The molecule has 0 fully saturated rings. The highest BCUT2D eigenvalue weighted by Crippen LogP contribution is 2.00. The van der Waals surface area contributed by atoms with Crippen LogP contribution >= 0.6 is 0 Å². The standard InChI is InChI=1S/C18H18N4O3/c1-13(20-16(23)11-10-14-7-3-2-4-8-14)17(24)21-22-18(25)15-9-5-6-12-19-15/h2-13H,1H3,(H,20,23)(H,21,24)(H,22,25)/b11-10+/t13-/m0/s1. The molecule has 2 rings (SSSR count). The van der Waals surface area contributed by atoms with E-state index in [4.69, 9.17) is 0 Å². The summed E-state index contributed by atoms with van der Waals surface area (Å²) in [6.45, 7) is 1.51. The highest BCUT2D eigenvalue weighted by molar-refractivity contribution is 5.97. The molecule has 25 heavy (non-hydrogen) atoms. The predicted octanol–water partition coefficient (Wildman–Crippen LogP) is 1.06. The van der Waals surface area contributed by atoms with Gasteiger partial charge in [-0.05, 0) is 30.7 Å². The number of pyridine rings is 1. The van der Waals surface area contributed by atoms with Gasteiger partial charge in [-0.15, -0.1) is 0 Å². The van der Waals surface area contributed by atoms with Crippen LogP contribution in [0.1, 0.15) is 23.0 Å². The fraction of sp³-hybridized carbons (Fsp3) is 0.111. The first kappa shape index (κ1) is 17.9. The third-order valence-corrected chi connectivity index (χ3v) is 3.18. The summed E-state index contributed by atoms with van der Waals surface area (Å²) in [6.07, 6.45) is 4.45. The van der Waals surface area contributed by atoms with Gasteiger partial charge in [0.25, 0.3) is 11.8 Å². The summed E-state index contributed by atoms with van der Waals surface area (Å²) >= 11 is 0. The summed E-state index contributed by atoms with van der Waals surface area (Å²) < 4.78 is 0. The Bertz CT molecular complexity index is 760. The molecule has 128 valence electrons. The summed E-state index contributed by atoms with van der Waals surface area (Å²) in [5, 5.41) is 2.51. The van der Waals surface area contributed by atoms with Gasteiger partial charge in [0.05, 0.1) is 0 Å². The van der Waals surface area contributed by atoms with Crippen LogP contribution in [0.25, 0.3) is 6.08 Å². The van der Waals surface area contributed by atoms with Gasteiger partial charge in [-0.2, -0.15) is 0 Å². The van der Waals surface area contributed by atoms with Gasteiger partial charge in [-0.1, -0.05) is 36.4 Å². The maximum absolute atomic E-state index is 11.9. The van der Waals surface area contributed by atoms with Crippen molar-refractivity contribution in [2.75, 3.05) is 0 Å². The number of carbonyl (C=O) groups excluding carboxylic acids is 3. The molecule has 0 aliphatic heterocycles. The second-order valence-electron chi connectivity index (χ2n) is 5.13. The van der Waals surface area contributed by atoms with E-state index in [1.165, 1.54) is 25.3 Å². The average Bonchev–Trinajstić information content (AvgIpc) is 2.65. The maximum atomic E-state index is 11.9. The lowest BCUT2D eigenvalue weighted by molar-refractivity contribution is -0.127. The molecule has 7 nitrogen and oxygen atoms in total. The molecule has 0 spiro atoms. The zero-order valence-corrected chi connectivity index (χ0v) is 13.6. The SMILES string of the molecule is C[C@H](NC(=O)/C=C/c1ccccc1)C(=O)NNC(=O)c1ccccn1. The van der Waals surface area contributed by atoms with Crippen molar-refractivity contribution in [2.45, 2.75) is 13.0 Å². The van der Waals surface area contributed by atoms with Crippen molar-refractivity contribution >= 4 is 23.8 Å². The minimum atomic E-state index is -0.822. The Kier molecular flexibility index (Phi) is 6.41. The second-order valence-corrected chi connectivity index (χ2v) is 5.13. The highest BCUT2D eigenvalue weighted by atomic mass is 16.2. The minimum absolute atomic E-state index is 0.172. The topological polar surface area (TPSA) is 100 Å². The number of hydrazine groups is 1. The van der Waals surface area contributed by atoms with Crippen LogP contribution in [0.4, 0.5) is 0 Å². The normalized spacial score (nSPS) is 11.6. The van der Waals surface area contributed by atoms with Crippen molar-refractivity contribution in [3.63, 3.8) is 0 Å². The Balaban J connectivity index is 1.79. The number of amides is 3. The quantitative estimate of drug-likeness (QED) is 0.560. The van der Waals surface area contributed by atoms with Gasteiger partial charge in [0.1, 0.15) is 11.7 Å². The fourth-order valence-corrected chi connectivity index (χ4v) is 1.85. The Morgan fingerprint density at radius 3 is 2.40 bits per heavy atom. The lowest BCUT2D eigenvalue weighted by atomic mass is 10.2. The number of hydrogen-bond donors (Lipinski definition) is 3. The number of benzene rings is 1. The molecule has 1 atom stereocenters. The van der Waals surface area contributed by atoms with Crippen molar-refractivity contribution in [3.05, 3.63) is 72.1 Å². The molecule has 0 bridgehead atoms. The minimum Gasteiger partial charge on any atom is -0.341 e. The molecule has 0 unspecified atom stereocenters. The Morgan fingerprint density at radius 2 is 1.72 bits per heavy atom. The van der Waals surface area contributed by atoms with Crippen LogP contribution in [0.3, 0.4) is 0 Å². The van der Waals surface area contributed by atoms with E-state index in [1.807, 2.05) is 30.3 Å². The van der Waals surface area contributed by atoms with Crippen LogP contribution in [0.15, 0.2) is 60.8 Å². The van der Waals surface area contributed by atoms with E-state index in [0.717, 1.165) is 5.56 Å². The number of nitrogens with one attached hydrogen (secondary N) is 3. The van der Waals surface area contributed by atoms with Gasteiger partial charge in [-0.25, -0.2) is 0 Å². The van der Waals surface area contributed by atoms with Crippen molar-refractivity contribution in [3.8, 4) is 0 Å². The molecule has 0 saturated heterocycles. The number of nitrogens with zero attached hydrogens (tertiary/aromatic N) is 1. The molecular formula is C18H18N4O3. The lowest BCUT2D eigenvalue weighted by Crippen LogP contribution is -2.50. The van der Waals surface area contributed by atoms with E-state index >= 15 is 0 Å².